The minimum atomic E-state index is -0.0547. The minimum absolute atomic E-state index is 0.0547. The van der Waals surface area contributed by atoms with Gasteiger partial charge in [-0.3, -0.25) is 4.79 Å². The molecule has 0 spiro atoms. The molecule has 3 heterocycles. The molecule has 3 aromatic rings. The lowest BCUT2D eigenvalue weighted by molar-refractivity contribution is 0.357. The Bertz CT molecular complexity index is 1000. The molecule has 2 aromatic carbocycles. The molecule has 0 fully saturated rings. The molecular formula is C19H14O4. The van der Waals surface area contributed by atoms with E-state index < -0.39 is 0 Å². The Morgan fingerprint density at radius 3 is 2.48 bits per heavy atom. The molecule has 0 radical (unpaired) electrons. The molecule has 4 heteroatoms. The van der Waals surface area contributed by atoms with Crippen molar-refractivity contribution in [1.82, 2.24) is 0 Å². The van der Waals surface area contributed by atoms with Crippen LogP contribution in [0.3, 0.4) is 0 Å². The van der Waals surface area contributed by atoms with Gasteiger partial charge in [-0.15, -0.1) is 0 Å². The average Bonchev–Trinajstić information content (AvgIpc) is 3.20. The molecule has 0 bridgehead atoms. The predicted molar refractivity (Wildman–Crippen MR) is 86.3 cm³/mol. The van der Waals surface area contributed by atoms with Crippen LogP contribution in [0.4, 0.5) is 0 Å². The van der Waals surface area contributed by atoms with Gasteiger partial charge in [-0.2, -0.15) is 0 Å². The molecule has 0 aliphatic carbocycles. The Morgan fingerprint density at radius 2 is 1.61 bits per heavy atom. The van der Waals surface area contributed by atoms with Crippen LogP contribution in [0.1, 0.15) is 11.1 Å². The standard InChI is InChI=1S/C19H14O4/c20-15-10-18(12-2-1-11-3-5-21-16(11)7-12)23-19-8-13-4-6-22-17(13)9-14(15)19/h1-2,7-10H,3-6H2. The fourth-order valence-corrected chi connectivity index (χ4v) is 3.29. The first-order valence-electron chi connectivity index (χ1n) is 7.78. The average molecular weight is 306 g/mol. The van der Waals surface area contributed by atoms with E-state index in [4.69, 9.17) is 13.9 Å². The summed E-state index contributed by atoms with van der Waals surface area (Å²) in [5.74, 6) is 2.25. The molecule has 23 heavy (non-hydrogen) atoms. The van der Waals surface area contributed by atoms with Crippen LogP contribution in [0.15, 0.2) is 45.6 Å². The fourth-order valence-electron chi connectivity index (χ4n) is 3.29. The van der Waals surface area contributed by atoms with Crippen molar-refractivity contribution in [3.05, 3.63) is 57.7 Å². The zero-order valence-corrected chi connectivity index (χ0v) is 12.4. The molecular weight excluding hydrogens is 292 g/mol. The van der Waals surface area contributed by atoms with Gasteiger partial charge < -0.3 is 13.9 Å². The first kappa shape index (κ1) is 12.8. The van der Waals surface area contributed by atoms with Crippen LogP contribution in [-0.4, -0.2) is 13.2 Å². The van der Waals surface area contributed by atoms with Crippen molar-refractivity contribution in [2.75, 3.05) is 13.2 Å². The summed E-state index contributed by atoms with van der Waals surface area (Å²) >= 11 is 0. The van der Waals surface area contributed by atoms with E-state index in [1.807, 2.05) is 24.3 Å². The molecule has 5 rings (SSSR count). The molecule has 1 aromatic heterocycles. The second kappa shape index (κ2) is 4.62. The minimum Gasteiger partial charge on any atom is -0.493 e. The van der Waals surface area contributed by atoms with E-state index in [0.29, 0.717) is 29.9 Å². The van der Waals surface area contributed by atoms with E-state index in [1.54, 1.807) is 12.1 Å². The Labute approximate surface area is 132 Å². The molecule has 114 valence electrons. The van der Waals surface area contributed by atoms with Gasteiger partial charge in [-0.05, 0) is 23.8 Å². The summed E-state index contributed by atoms with van der Waals surface area (Å²) in [5, 5.41) is 0.562. The fraction of sp³-hybridized carbons (Fsp3) is 0.211. The van der Waals surface area contributed by atoms with Gasteiger partial charge in [-0.25, -0.2) is 0 Å². The number of hydrogen-bond donors (Lipinski definition) is 0. The predicted octanol–water partition coefficient (Wildman–Crippen LogP) is 3.33. The normalized spacial score (nSPS) is 15.1. The number of rotatable bonds is 1. The zero-order chi connectivity index (χ0) is 15.4. The van der Waals surface area contributed by atoms with Gasteiger partial charge >= 0.3 is 0 Å². The van der Waals surface area contributed by atoms with Crippen molar-refractivity contribution in [2.45, 2.75) is 12.8 Å². The molecule has 0 saturated heterocycles. The number of fused-ring (bicyclic) bond motifs is 3. The van der Waals surface area contributed by atoms with Crippen molar-refractivity contribution in [3.63, 3.8) is 0 Å². The Morgan fingerprint density at radius 1 is 0.826 bits per heavy atom. The molecule has 0 unspecified atom stereocenters. The summed E-state index contributed by atoms with van der Waals surface area (Å²) in [4.78, 5) is 12.5. The van der Waals surface area contributed by atoms with Crippen molar-refractivity contribution >= 4 is 11.0 Å². The third-order valence-corrected chi connectivity index (χ3v) is 4.52. The summed E-state index contributed by atoms with van der Waals surface area (Å²) in [7, 11) is 0. The van der Waals surface area contributed by atoms with Crippen LogP contribution in [-0.2, 0) is 12.8 Å². The van der Waals surface area contributed by atoms with Crippen molar-refractivity contribution in [2.24, 2.45) is 0 Å². The second-order valence-electron chi connectivity index (χ2n) is 5.95. The van der Waals surface area contributed by atoms with Crippen LogP contribution in [0.2, 0.25) is 0 Å². The third-order valence-electron chi connectivity index (χ3n) is 4.52. The van der Waals surface area contributed by atoms with Gasteiger partial charge in [0.05, 0.1) is 18.6 Å². The number of hydrogen-bond acceptors (Lipinski definition) is 4. The van der Waals surface area contributed by atoms with Gasteiger partial charge in [-0.1, -0.05) is 12.1 Å². The maximum absolute atomic E-state index is 12.5. The molecule has 2 aliphatic rings. The molecule has 0 N–H and O–H groups in total. The first-order chi connectivity index (χ1) is 11.3. The first-order valence-corrected chi connectivity index (χ1v) is 7.78. The van der Waals surface area contributed by atoms with Gasteiger partial charge in [0.25, 0.3) is 0 Å². The highest BCUT2D eigenvalue weighted by Gasteiger charge is 2.18. The highest BCUT2D eigenvalue weighted by molar-refractivity contribution is 5.82. The van der Waals surface area contributed by atoms with Crippen LogP contribution < -0.4 is 14.9 Å². The lowest BCUT2D eigenvalue weighted by atomic mass is 10.1. The van der Waals surface area contributed by atoms with Gasteiger partial charge in [0.2, 0.25) is 0 Å². The SMILES string of the molecule is O=c1cc(-c2ccc3c(c2)OCC3)oc2cc3c(cc12)OCC3. The van der Waals surface area contributed by atoms with E-state index in [0.717, 1.165) is 35.5 Å². The maximum Gasteiger partial charge on any atom is 0.193 e. The summed E-state index contributed by atoms with van der Waals surface area (Å²) < 4.78 is 17.1. The lowest BCUT2D eigenvalue weighted by Crippen LogP contribution is -2.01. The van der Waals surface area contributed by atoms with E-state index in [9.17, 15) is 4.79 Å². The van der Waals surface area contributed by atoms with Crippen LogP contribution in [0.25, 0.3) is 22.3 Å². The monoisotopic (exact) mass is 306 g/mol. The van der Waals surface area contributed by atoms with Gasteiger partial charge in [0.15, 0.2) is 5.43 Å². The van der Waals surface area contributed by atoms with Crippen molar-refractivity contribution in [3.8, 4) is 22.8 Å². The quantitative estimate of drug-likeness (QED) is 0.692. The highest BCUT2D eigenvalue weighted by atomic mass is 16.5. The Kier molecular flexibility index (Phi) is 2.56. The van der Waals surface area contributed by atoms with Crippen molar-refractivity contribution in [1.29, 1.82) is 0 Å². The topological polar surface area (TPSA) is 48.7 Å². The molecule has 0 saturated carbocycles. The van der Waals surface area contributed by atoms with Crippen molar-refractivity contribution < 1.29 is 13.9 Å². The maximum atomic E-state index is 12.5. The Hall–Kier alpha value is -2.75. The van der Waals surface area contributed by atoms with Crippen LogP contribution in [0, 0.1) is 0 Å². The van der Waals surface area contributed by atoms with Gasteiger partial charge in [0.1, 0.15) is 22.8 Å². The number of ether oxygens (including phenoxy) is 2. The molecule has 0 atom stereocenters. The number of benzene rings is 2. The largest absolute Gasteiger partial charge is 0.493 e. The summed E-state index contributed by atoms with van der Waals surface area (Å²) in [6, 6.07) is 11.2. The molecule has 4 nitrogen and oxygen atoms in total. The zero-order valence-electron chi connectivity index (χ0n) is 12.4. The summed E-state index contributed by atoms with van der Waals surface area (Å²) in [6.07, 6.45) is 1.79. The van der Waals surface area contributed by atoms with E-state index >= 15 is 0 Å². The summed E-state index contributed by atoms with van der Waals surface area (Å²) in [6.45, 7) is 1.38. The highest BCUT2D eigenvalue weighted by Crippen LogP contribution is 2.33. The van der Waals surface area contributed by atoms with Crippen LogP contribution in [0.5, 0.6) is 11.5 Å². The van der Waals surface area contributed by atoms with Gasteiger partial charge in [0, 0.05) is 30.0 Å². The van der Waals surface area contributed by atoms with E-state index in [1.165, 1.54) is 5.56 Å². The molecule has 2 aliphatic heterocycles. The van der Waals surface area contributed by atoms with E-state index in [2.05, 4.69) is 0 Å². The van der Waals surface area contributed by atoms with E-state index in [-0.39, 0.29) is 5.43 Å². The second-order valence-corrected chi connectivity index (χ2v) is 5.95. The smallest absolute Gasteiger partial charge is 0.193 e. The molecule has 0 amide bonds. The lowest BCUT2D eigenvalue weighted by Gasteiger charge is -2.07. The Balaban J connectivity index is 1.70. The van der Waals surface area contributed by atoms with Crippen LogP contribution >= 0.6 is 0 Å². The third kappa shape index (κ3) is 1.95. The summed E-state index contributed by atoms with van der Waals surface area (Å²) in [5.41, 5.74) is 3.71.